The molecule has 0 atom stereocenters. The van der Waals surface area contributed by atoms with E-state index in [1.807, 2.05) is 12.1 Å². The zero-order valence-electron chi connectivity index (χ0n) is 5.03. The molecule has 1 aromatic heterocycles. The van der Waals surface area contributed by atoms with Crippen LogP contribution in [0.3, 0.4) is 0 Å². The van der Waals surface area contributed by atoms with Crippen LogP contribution >= 0.6 is 11.5 Å². The molecule has 3 nitrogen and oxygen atoms in total. The predicted molar refractivity (Wildman–Crippen MR) is 40.2 cm³/mol. The lowest BCUT2D eigenvalue weighted by atomic mass is 10.3. The fourth-order valence-electron chi connectivity index (χ4n) is 0.804. The van der Waals surface area contributed by atoms with Crippen LogP contribution in [-0.2, 0) is 0 Å². The molecule has 1 radical (unpaired) electrons. The molecule has 0 unspecified atom stereocenters. The zero-order chi connectivity index (χ0) is 6.97. The summed E-state index contributed by atoms with van der Waals surface area (Å²) in [4.78, 5) is 0. The number of benzene rings is 1. The molecule has 10 heavy (non-hydrogen) atoms. The van der Waals surface area contributed by atoms with E-state index in [1.54, 1.807) is 6.07 Å². The predicted octanol–water partition coefficient (Wildman–Crippen LogP) is 1.61. The van der Waals surface area contributed by atoms with Crippen molar-refractivity contribution in [3.05, 3.63) is 18.2 Å². The molecular weight excluding hydrogens is 146 g/mol. The van der Waals surface area contributed by atoms with Gasteiger partial charge in [0.15, 0.2) is 0 Å². The Morgan fingerprint density at radius 2 is 2.30 bits per heavy atom. The van der Waals surface area contributed by atoms with Crippen molar-refractivity contribution in [1.29, 1.82) is 0 Å². The molecule has 0 bridgehead atoms. The van der Waals surface area contributed by atoms with Crippen LogP contribution in [0.1, 0.15) is 0 Å². The van der Waals surface area contributed by atoms with E-state index in [-0.39, 0.29) is 0 Å². The Bertz CT molecular complexity index is 355. The van der Waals surface area contributed by atoms with Gasteiger partial charge in [0.05, 0.1) is 10.4 Å². The van der Waals surface area contributed by atoms with E-state index < -0.39 is 0 Å². The van der Waals surface area contributed by atoms with Crippen LogP contribution in [0.5, 0.6) is 0 Å². The van der Waals surface area contributed by atoms with Gasteiger partial charge in [-0.05, 0) is 23.7 Å². The van der Waals surface area contributed by atoms with Gasteiger partial charge in [-0.2, -0.15) is 0 Å². The summed E-state index contributed by atoms with van der Waals surface area (Å²) in [5.41, 5.74) is 8.54. The molecule has 0 aliphatic rings. The molecule has 0 saturated carbocycles. The molecule has 49 valence electrons. The smallest absolute Gasteiger partial charge is 0.130 e. The van der Waals surface area contributed by atoms with Gasteiger partial charge in [0.25, 0.3) is 0 Å². The quantitative estimate of drug-likeness (QED) is 0.572. The Morgan fingerprint density at radius 3 is 3.10 bits per heavy atom. The van der Waals surface area contributed by atoms with Gasteiger partial charge in [-0.1, -0.05) is 10.6 Å². The Kier molecular flexibility index (Phi) is 1.07. The van der Waals surface area contributed by atoms with E-state index >= 15 is 0 Å². The van der Waals surface area contributed by atoms with Gasteiger partial charge in [0.2, 0.25) is 0 Å². The molecule has 0 aliphatic heterocycles. The third-order valence-electron chi connectivity index (χ3n) is 1.28. The molecule has 4 heteroatoms. The minimum absolute atomic E-state index is 0.450. The third kappa shape index (κ3) is 0.657. The van der Waals surface area contributed by atoms with Gasteiger partial charge < -0.3 is 0 Å². The van der Waals surface area contributed by atoms with E-state index in [1.165, 1.54) is 11.5 Å². The maximum Gasteiger partial charge on any atom is 0.130 e. The van der Waals surface area contributed by atoms with Gasteiger partial charge in [-0.3, -0.25) is 5.73 Å². The van der Waals surface area contributed by atoms with Crippen molar-refractivity contribution in [1.82, 2.24) is 15.3 Å². The van der Waals surface area contributed by atoms with Crippen LogP contribution in [0.2, 0.25) is 0 Å². The van der Waals surface area contributed by atoms with Crippen LogP contribution in [-0.4, -0.2) is 9.59 Å². The first-order valence-electron chi connectivity index (χ1n) is 2.80. The summed E-state index contributed by atoms with van der Waals surface area (Å²) in [5.74, 6) is 0. The third-order valence-corrected chi connectivity index (χ3v) is 1.97. The Balaban J connectivity index is 2.95. The van der Waals surface area contributed by atoms with E-state index in [0.29, 0.717) is 11.2 Å². The van der Waals surface area contributed by atoms with E-state index in [9.17, 15) is 0 Å². The first-order chi connectivity index (χ1) is 4.88. The van der Waals surface area contributed by atoms with E-state index in [0.717, 1.165) is 4.70 Å². The number of nitrogens with zero attached hydrogens (tertiary/aromatic N) is 2. The lowest BCUT2D eigenvalue weighted by Crippen LogP contribution is -1.72. The van der Waals surface area contributed by atoms with E-state index in [2.05, 4.69) is 9.59 Å². The summed E-state index contributed by atoms with van der Waals surface area (Å²) in [6, 6.07) is 5.46. The van der Waals surface area contributed by atoms with Crippen molar-refractivity contribution in [2.45, 2.75) is 0 Å². The van der Waals surface area contributed by atoms with Crippen molar-refractivity contribution in [3.8, 4) is 0 Å². The van der Waals surface area contributed by atoms with Crippen LogP contribution in [0.25, 0.3) is 10.2 Å². The van der Waals surface area contributed by atoms with Crippen molar-refractivity contribution >= 4 is 27.4 Å². The highest BCUT2D eigenvalue weighted by Gasteiger charge is 1.99. The standard InChI is InChI=1S/C6H4N3S/c7-4-2-1-3-5-6(4)8-9-10-5/h1-3,7H. The SMILES string of the molecule is [NH]c1cccc2snnc12. The number of nitrogens with one attached hydrogen (secondary N) is 1. The average Bonchev–Trinajstić information content (AvgIpc) is 2.36. The van der Waals surface area contributed by atoms with Gasteiger partial charge in [0, 0.05) is 0 Å². The molecule has 2 aromatic rings. The first kappa shape index (κ1) is 5.61. The molecule has 1 N–H and O–H groups in total. The summed E-state index contributed by atoms with van der Waals surface area (Å²) in [5, 5.41) is 3.80. The van der Waals surface area contributed by atoms with Crippen LogP contribution in [0.15, 0.2) is 18.2 Å². The Hall–Kier alpha value is -1.16. The van der Waals surface area contributed by atoms with Crippen LogP contribution in [0.4, 0.5) is 5.69 Å². The molecule has 0 fully saturated rings. The molecule has 0 amide bonds. The highest BCUT2D eigenvalue weighted by atomic mass is 32.1. The molecule has 1 aromatic carbocycles. The molecule has 0 aliphatic carbocycles. The Morgan fingerprint density at radius 1 is 1.40 bits per heavy atom. The topological polar surface area (TPSA) is 49.6 Å². The summed E-state index contributed by atoms with van der Waals surface area (Å²) in [6.07, 6.45) is 0. The molecular formula is C6H4N3S. The fourth-order valence-corrected chi connectivity index (χ4v) is 1.39. The summed E-state index contributed by atoms with van der Waals surface area (Å²) in [6.45, 7) is 0. The Labute approximate surface area is 61.6 Å². The maximum atomic E-state index is 7.38. The number of rotatable bonds is 0. The lowest BCUT2D eigenvalue weighted by Gasteiger charge is -1.87. The fraction of sp³-hybridized carbons (Fsp3) is 0. The second-order valence-corrected chi connectivity index (χ2v) is 2.71. The van der Waals surface area contributed by atoms with Gasteiger partial charge in [-0.25, -0.2) is 0 Å². The number of fused-ring (bicyclic) bond motifs is 1. The minimum Gasteiger partial charge on any atom is -0.299 e. The zero-order valence-corrected chi connectivity index (χ0v) is 5.85. The monoisotopic (exact) mass is 150 g/mol. The van der Waals surface area contributed by atoms with Gasteiger partial charge in [-0.15, -0.1) is 5.10 Å². The number of aromatic nitrogens is 2. The maximum absolute atomic E-state index is 7.38. The van der Waals surface area contributed by atoms with Crippen LogP contribution < -0.4 is 5.73 Å². The number of hydrogen-bond acceptors (Lipinski definition) is 3. The largest absolute Gasteiger partial charge is 0.299 e. The van der Waals surface area contributed by atoms with E-state index in [4.69, 9.17) is 5.73 Å². The van der Waals surface area contributed by atoms with Crippen molar-refractivity contribution in [3.63, 3.8) is 0 Å². The highest BCUT2D eigenvalue weighted by Crippen LogP contribution is 2.21. The first-order valence-corrected chi connectivity index (χ1v) is 3.58. The second kappa shape index (κ2) is 1.91. The van der Waals surface area contributed by atoms with Crippen LogP contribution in [0, 0.1) is 0 Å². The normalized spacial score (nSPS) is 10.4. The molecule has 0 spiro atoms. The highest BCUT2D eigenvalue weighted by molar-refractivity contribution is 7.13. The van der Waals surface area contributed by atoms with Crippen molar-refractivity contribution in [2.24, 2.45) is 0 Å². The lowest BCUT2D eigenvalue weighted by molar-refractivity contribution is 1.19. The van der Waals surface area contributed by atoms with Crippen molar-refractivity contribution in [2.75, 3.05) is 0 Å². The van der Waals surface area contributed by atoms with Gasteiger partial charge >= 0.3 is 0 Å². The molecule has 1 heterocycles. The van der Waals surface area contributed by atoms with Crippen molar-refractivity contribution < 1.29 is 0 Å². The summed E-state index contributed by atoms with van der Waals surface area (Å²) in [7, 11) is 0. The summed E-state index contributed by atoms with van der Waals surface area (Å²) < 4.78 is 4.71. The minimum atomic E-state index is 0.450. The second-order valence-electron chi connectivity index (χ2n) is 1.93. The van der Waals surface area contributed by atoms with Gasteiger partial charge in [0.1, 0.15) is 5.52 Å². The molecule has 2 rings (SSSR count). The average molecular weight is 150 g/mol. The molecule has 0 saturated heterocycles. The number of hydrogen-bond donors (Lipinski definition) is 0. The summed E-state index contributed by atoms with van der Waals surface area (Å²) >= 11 is 1.32.